The molecule has 0 aliphatic heterocycles. The molecule has 0 unspecified atom stereocenters. The molecule has 17 heavy (non-hydrogen) atoms. The summed E-state index contributed by atoms with van der Waals surface area (Å²) >= 11 is 5.87. The van der Waals surface area contributed by atoms with Crippen molar-refractivity contribution in [3.63, 3.8) is 0 Å². The first kappa shape index (κ1) is 11.9. The molecule has 6 heteroatoms. The van der Waals surface area contributed by atoms with E-state index in [9.17, 15) is 0 Å². The fourth-order valence-electron chi connectivity index (χ4n) is 1.33. The molecule has 2 heterocycles. The minimum absolute atomic E-state index is 0.402. The Morgan fingerprint density at radius 2 is 2.06 bits per heavy atom. The van der Waals surface area contributed by atoms with Crippen molar-refractivity contribution in [2.45, 2.75) is 27.3 Å². The van der Waals surface area contributed by atoms with Gasteiger partial charge in [-0.05, 0) is 26.3 Å². The van der Waals surface area contributed by atoms with Gasteiger partial charge in [-0.3, -0.25) is 4.68 Å². The second kappa shape index (κ2) is 4.71. The van der Waals surface area contributed by atoms with Crippen molar-refractivity contribution in [1.82, 2.24) is 20.0 Å². The molecule has 5 nitrogen and oxygen atoms in total. The van der Waals surface area contributed by atoms with Crippen molar-refractivity contribution in [3.8, 4) is 11.6 Å². The van der Waals surface area contributed by atoms with Gasteiger partial charge in [0.15, 0.2) is 10.9 Å². The highest BCUT2D eigenvalue weighted by molar-refractivity contribution is 6.30. The highest BCUT2D eigenvalue weighted by Gasteiger charge is 2.10. The highest BCUT2D eigenvalue weighted by Crippen LogP contribution is 2.26. The van der Waals surface area contributed by atoms with Crippen LogP contribution in [0.5, 0.6) is 11.6 Å². The molecule has 0 atom stereocenters. The van der Waals surface area contributed by atoms with Crippen LogP contribution in [0.3, 0.4) is 0 Å². The number of halogens is 1. The first-order valence-electron chi connectivity index (χ1n) is 5.31. The van der Waals surface area contributed by atoms with Crippen LogP contribution >= 0.6 is 11.6 Å². The van der Waals surface area contributed by atoms with E-state index in [1.807, 2.05) is 27.0 Å². The fourth-order valence-corrected chi connectivity index (χ4v) is 1.51. The SMILES string of the molecule is CCn1cc(Oc2nnc(Cl)c(C)c2C)cn1. The average Bonchev–Trinajstić information content (AvgIpc) is 2.78. The first-order valence-corrected chi connectivity index (χ1v) is 5.69. The molecule has 0 aliphatic carbocycles. The number of aromatic nitrogens is 4. The van der Waals surface area contributed by atoms with Gasteiger partial charge < -0.3 is 4.74 Å². The molecule has 0 aromatic carbocycles. The second-order valence-corrected chi connectivity index (χ2v) is 4.04. The summed E-state index contributed by atoms with van der Waals surface area (Å²) in [5, 5.41) is 12.3. The molecule has 0 amide bonds. The maximum absolute atomic E-state index is 5.87. The third kappa shape index (κ3) is 2.39. The molecular formula is C11H13ClN4O. The van der Waals surface area contributed by atoms with Crippen LogP contribution in [0.25, 0.3) is 0 Å². The molecule has 0 spiro atoms. The van der Waals surface area contributed by atoms with Gasteiger partial charge in [0.2, 0.25) is 5.88 Å². The lowest BCUT2D eigenvalue weighted by Gasteiger charge is -2.07. The topological polar surface area (TPSA) is 52.8 Å². The van der Waals surface area contributed by atoms with E-state index >= 15 is 0 Å². The second-order valence-electron chi connectivity index (χ2n) is 3.68. The van der Waals surface area contributed by atoms with E-state index in [1.54, 1.807) is 10.9 Å². The molecule has 0 radical (unpaired) electrons. The van der Waals surface area contributed by atoms with Crippen molar-refractivity contribution < 1.29 is 4.74 Å². The Balaban J connectivity index is 2.27. The predicted octanol–water partition coefficient (Wildman–Crippen LogP) is 2.76. The van der Waals surface area contributed by atoms with Gasteiger partial charge in [0.05, 0.1) is 12.4 Å². The zero-order valence-corrected chi connectivity index (χ0v) is 10.7. The molecule has 0 saturated carbocycles. The molecule has 0 fully saturated rings. The van der Waals surface area contributed by atoms with E-state index in [0.717, 1.165) is 17.7 Å². The van der Waals surface area contributed by atoms with Crippen LogP contribution in [-0.4, -0.2) is 20.0 Å². The van der Waals surface area contributed by atoms with Gasteiger partial charge in [0.25, 0.3) is 0 Å². The third-order valence-corrected chi connectivity index (χ3v) is 2.93. The molecule has 0 saturated heterocycles. The fraction of sp³-hybridized carbons (Fsp3) is 0.364. The van der Waals surface area contributed by atoms with Crippen molar-refractivity contribution in [1.29, 1.82) is 0 Å². The number of hydrogen-bond acceptors (Lipinski definition) is 4. The summed E-state index contributed by atoms with van der Waals surface area (Å²) in [4.78, 5) is 0. The van der Waals surface area contributed by atoms with E-state index in [0.29, 0.717) is 16.8 Å². The van der Waals surface area contributed by atoms with Crippen LogP contribution in [-0.2, 0) is 6.54 Å². The number of aryl methyl sites for hydroxylation is 1. The van der Waals surface area contributed by atoms with Crippen molar-refractivity contribution in [2.75, 3.05) is 0 Å². The van der Waals surface area contributed by atoms with Crippen molar-refractivity contribution in [2.24, 2.45) is 0 Å². The number of nitrogens with zero attached hydrogens (tertiary/aromatic N) is 4. The van der Waals surface area contributed by atoms with Gasteiger partial charge in [0.1, 0.15) is 0 Å². The third-order valence-electron chi connectivity index (χ3n) is 2.57. The lowest BCUT2D eigenvalue weighted by Crippen LogP contribution is -1.97. The zero-order valence-electron chi connectivity index (χ0n) is 9.94. The smallest absolute Gasteiger partial charge is 0.242 e. The Morgan fingerprint density at radius 1 is 1.29 bits per heavy atom. The summed E-state index contributed by atoms with van der Waals surface area (Å²) in [7, 11) is 0. The lowest BCUT2D eigenvalue weighted by atomic mass is 10.2. The summed E-state index contributed by atoms with van der Waals surface area (Å²) in [5.74, 6) is 1.11. The van der Waals surface area contributed by atoms with Crippen LogP contribution in [0, 0.1) is 13.8 Å². The van der Waals surface area contributed by atoms with Gasteiger partial charge in [-0.1, -0.05) is 11.6 Å². The quantitative estimate of drug-likeness (QED) is 0.843. The van der Waals surface area contributed by atoms with Crippen LogP contribution in [0.15, 0.2) is 12.4 Å². The van der Waals surface area contributed by atoms with Gasteiger partial charge in [0, 0.05) is 12.1 Å². The van der Waals surface area contributed by atoms with Gasteiger partial charge in [-0.2, -0.15) is 5.10 Å². The van der Waals surface area contributed by atoms with Crippen molar-refractivity contribution in [3.05, 3.63) is 28.7 Å². The summed E-state index contributed by atoms with van der Waals surface area (Å²) in [6.07, 6.45) is 3.46. The summed E-state index contributed by atoms with van der Waals surface area (Å²) in [6, 6.07) is 0. The molecule has 2 aromatic rings. The van der Waals surface area contributed by atoms with E-state index in [4.69, 9.17) is 16.3 Å². The van der Waals surface area contributed by atoms with Crippen LogP contribution in [0.2, 0.25) is 5.15 Å². The maximum atomic E-state index is 5.87. The standard InChI is InChI=1S/C11H13ClN4O/c1-4-16-6-9(5-13-16)17-11-8(3)7(2)10(12)14-15-11/h5-6H,4H2,1-3H3. The van der Waals surface area contributed by atoms with E-state index in [2.05, 4.69) is 15.3 Å². The maximum Gasteiger partial charge on any atom is 0.242 e. The minimum atomic E-state index is 0.402. The van der Waals surface area contributed by atoms with E-state index < -0.39 is 0 Å². The number of hydrogen-bond donors (Lipinski definition) is 0. The van der Waals surface area contributed by atoms with Gasteiger partial charge in [-0.15, -0.1) is 10.2 Å². The molecule has 2 aromatic heterocycles. The molecule has 0 bridgehead atoms. The lowest BCUT2D eigenvalue weighted by molar-refractivity contribution is 0.449. The predicted molar refractivity (Wildman–Crippen MR) is 64.5 cm³/mol. The normalized spacial score (nSPS) is 10.6. The summed E-state index contributed by atoms with van der Waals surface area (Å²) in [6.45, 7) is 6.59. The zero-order chi connectivity index (χ0) is 12.4. The Labute approximate surface area is 104 Å². The average molecular weight is 253 g/mol. The Kier molecular flexibility index (Phi) is 3.28. The first-order chi connectivity index (χ1) is 8.11. The van der Waals surface area contributed by atoms with Gasteiger partial charge >= 0.3 is 0 Å². The van der Waals surface area contributed by atoms with E-state index in [-0.39, 0.29) is 0 Å². The van der Waals surface area contributed by atoms with Crippen LogP contribution in [0.4, 0.5) is 0 Å². The van der Waals surface area contributed by atoms with Crippen LogP contribution in [0.1, 0.15) is 18.1 Å². The molecular weight excluding hydrogens is 240 g/mol. The summed E-state index contributed by atoms with van der Waals surface area (Å²) < 4.78 is 7.39. The number of ether oxygens (including phenoxy) is 1. The Bertz CT molecular complexity index is 538. The number of rotatable bonds is 3. The summed E-state index contributed by atoms with van der Waals surface area (Å²) in [5.41, 5.74) is 1.76. The Hall–Kier alpha value is -1.62. The van der Waals surface area contributed by atoms with E-state index in [1.165, 1.54) is 0 Å². The van der Waals surface area contributed by atoms with Crippen molar-refractivity contribution >= 4 is 11.6 Å². The van der Waals surface area contributed by atoms with Gasteiger partial charge in [-0.25, -0.2) is 0 Å². The molecule has 0 N–H and O–H groups in total. The minimum Gasteiger partial charge on any atom is -0.434 e. The molecule has 0 aliphatic rings. The highest BCUT2D eigenvalue weighted by atomic mass is 35.5. The Morgan fingerprint density at radius 3 is 2.71 bits per heavy atom. The largest absolute Gasteiger partial charge is 0.434 e. The molecule has 2 rings (SSSR count). The molecule has 90 valence electrons. The van der Waals surface area contributed by atoms with Crippen LogP contribution < -0.4 is 4.74 Å². The monoisotopic (exact) mass is 252 g/mol.